The number of nitrogens with zero attached hydrogens (tertiary/aromatic N) is 2. The largest absolute Gasteiger partial charge is 0.416 e. The third-order valence-electron chi connectivity index (χ3n) is 5.25. The van der Waals surface area contributed by atoms with Crippen molar-refractivity contribution in [3.8, 4) is 0 Å². The van der Waals surface area contributed by atoms with Crippen molar-refractivity contribution < 1.29 is 26.4 Å². The summed E-state index contributed by atoms with van der Waals surface area (Å²) in [5, 5.41) is 0. The fraction of sp³-hybridized carbons (Fsp3) is 0.381. The van der Waals surface area contributed by atoms with Gasteiger partial charge in [-0.15, -0.1) is 0 Å². The van der Waals surface area contributed by atoms with Gasteiger partial charge in [0, 0.05) is 44.7 Å². The van der Waals surface area contributed by atoms with Crippen LogP contribution >= 0.6 is 0 Å². The van der Waals surface area contributed by atoms with Crippen LogP contribution in [0.15, 0.2) is 53.4 Å². The molecule has 1 fully saturated rings. The number of halogens is 3. The van der Waals surface area contributed by atoms with Gasteiger partial charge in [-0.05, 0) is 29.8 Å². The molecule has 0 saturated carbocycles. The summed E-state index contributed by atoms with van der Waals surface area (Å²) in [6, 6.07) is 11.7. The Morgan fingerprint density at radius 2 is 1.70 bits per heavy atom. The highest BCUT2D eigenvalue weighted by atomic mass is 32.2. The number of rotatable bonds is 6. The van der Waals surface area contributed by atoms with Gasteiger partial charge in [0.25, 0.3) is 0 Å². The molecule has 1 aliphatic heterocycles. The van der Waals surface area contributed by atoms with Crippen LogP contribution in [0, 0.1) is 0 Å². The van der Waals surface area contributed by atoms with Gasteiger partial charge in [-0.2, -0.15) is 13.2 Å². The molecule has 0 bridgehead atoms. The summed E-state index contributed by atoms with van der Waals surface area (Å²) < 4.78 is 63.0. The van der Waals surface area contributed by atoms with E-state index in [2.05, 4.69) is 0 Å². The third kappa shape index (κ3) is 5.20. The summed E-state index contributed by atoms with van der Waals surface area (Å²) in [6.07, 6.45) is -2.52. The van der Waals surface area contributed by atoms with E-state index in [1.165, 1.54) is 12.1 Å². The molecule has 162 valence electrons. The summed E-state index contributed by atoms with van der Waals surface area (Å²) in [5.41, 5.74) is 0.301. The molecule has 0 radical (unpaired) electrons. The quantitative estimate of drug-likeness (QED) is 0.646. The second kappa shape index (κ2) is 8.77. The number of hydrogen-bond donors (Lipinski definition) is 0. The monoisotopic (exact) mass is 440 g/mol. The number of anilines is 1. The van der Waals surface area contributed by atoms with E-state index in [4.69, 9.17) is 0 Å². The lowest BCUT2D eigenvalue weighted by atomic mass is 9.99. The zero-order valence-electron chi connectivity index (χ0n) is 16.5. The van der Waals surface area contributed by atoms with E-state index >= 15 is 0 Å². The van der Waals surface area contributed by atoms with Crippen molar-refractivity contribution in [2.45, 2.75) is 17.0 Å². The lowest BCUT2D eigenvalue weighted by molar-refractivity contribution is -0.137. The normalized spacial score (nSPS) is 17.0. The molecule has 0 aliphatic carbocycles. The number of carbonyl (C=O) groups excluding carboxylic acids is 1. The highest BCUT2D eigenvalue weighted by Crippen LogP contribution is 2.32. The first kappa shape index (κ1) is 22.3. The van der Waals surface area contributed by atoms with Crippen molar-refractivity contribution in [1.29, 1.82) is 0 Å². The van der Waals surface area contributed by atoms with E-state index in [1.807, 2.05) is 9.80 Å². The Morgan fingerprint density at radius 1 is 1.03 bits per heavy atom. The van der Waals surface area contributed by atoms with Gasteiger partial charge in [-0.3, -0.25) is 4.90 Å². The SMILES string of the molecule is CS(=O)(=O)c1ccccc1C(C=O)CN1CCN(c2cccc(C(F)(F)F)c2)CC1. The van der Waals surface area contributed by atoms with Crippen LogP contribution in [0.5, 0.6) is 0 Å². The highest BCUT2D eigenvalue weighted by Gasteiger charge is 2.31. The Labute approximate surface area is 174 Å². The Hall–Kier alpha value is -2.39. The number of carbonyl (C=O) groups is 1. The molecule has 30 heavy (non-hydrogen) atoms. The van der Waals surface area contributed by atoms with Crippen LogP contribution in [-0.2, 0) is 20.8 Å². The summed E-state index contributed by atoms with van der Waals surface area (Å²) in [4.78, 5) is 15.8. The molecule has 5 nitrogen and oxygen atoms in total. The fourth-order valence-electron chi connectivity index (χ4n) is 3.68. The smallest absolute Gasteiger partial charge is 0.369 e. The molecule has 2 aromatic carbocycles. The van der Waals surface area contributed by atoms with Crippen LogP contribution < -0.4 is 4.90 Å². The van der Waals surface area contributed by atoms with Gasteiger partial charge in [0.2, 0.25) is 0 Å². The molecule has 3 rings (SSSR count). The van der Waals surface area contributed by atoms with Crippen LogP contribution in [0.2, 0.25) is 0 Å². The first-order chi connectivity index (χ1) is 14.1. The van der Waals surface area contributed by atoms with Gasteiger partial charge in [0.05, 0.1) is 16.4 Å². The lowest BCUT2D eigenvalue weighted by Gasteiger charge is -2.37. The predicted molar refractivity (Wildman–Crippen MR) is 108 cm³/mol. The molecule has 0 N–H and O–H groups in total. The second-order valence-corrected chi connectivity index (χ2v) is 9.37. The maximum atomic E-state index is 13.0. The fourth-order valence-corrected chi connectivity index (χ4v) is 4.66. The number of alkyl halides is 3. The van der Waals surface area contributed by atoms with Crippen molar-refractivity contribution in [1.82, 2.24) is 4.90 Å². The van der Waals surface area contributed by atoms with Crippen molar-refractivity contribution in [2.24, 2.45) is 0 Å². The van der Waals surface area contributed by atoms with Crippen molar-refractivity contribution in [3.63, 3.8) is 0 Å². The molecule has 1 heterocycles. The van der Waals surface area contributed by atoms with Gasteiger partial charge >= 0.3 is 6.18 Å². The second-order valence-electron chi connectivity index (χ2n) is 7.39. The van der Waals surface area contributed by atoms with Gasteiger partial charge in [0.15, 0.2) is 9.84 Å². The molecule has 1 aliphatic rings. The molecule has 0 amide bonds. The molecule has 0 spiro atoms. The van der Waals surface area contributed by atoms with E-state index < -0.39 is 27.5 Å². The molecule has 2 aromatic rings. The topological polar surface area (TPSA) is 57.7 Å². The average Bonchev–Trinajstić information content (AvgIpc) is 2.71. The van der Waals surface area contributed by atoms with Crippen LogP contribution in [0.25, 0.3) is 0 Å². The predicted octanol–water partition coefficient (Wildman–Crippen LogP) is 3.21. The zero-order valence-corrected chi connectivity index (χ0v) is 17.3. The number of sulfone groups is 1. The minimum absolute atomic E-state index is 0.143. The highest BCUT2D eigenvalue weighted by molar-refractivity contribution is 7.90. The number of benzene rings is 2. The summed E-state index contributed by atoms with van der Waals surface area (Å²) in [5.74, 6) is -0.601. The van der Waals surface area contributed by atoms with Crippen molar-refractivity contribution in [3.05, 3.63) is 59.7 Å². The van der Waals surface area contributed by atoms with Crippen LogP contribution in [0.1, 0.15) is 17.0 Å². The standard InChI is InChI=1S/C21H23F3N2O3S/c1-30(28,29)20-8-3-2-7-19(20)16(15-27)14-25-9-11-26(12-10-25)18-6-4-5-17(13-18)21(22,23)24/h2-8,13,15-16H,9-12,14H2,1H3. The Kier molecular flexibility index (Phi) is 6.52. The third-order valence-corrected chi connectivity index (χ3v) is 6.42. The number of aldehydes is 1. The number of hydrogen-bond acceptors (Lipinski definition) is 5. The summed E-state index contributed by atoms with van der Waals surface area (Å²) in [7, 11) is -3.47. The first-order valence-electron chi connectivity index (χ1n) is 9.48. The van der Waals surface area contributed by atoms with Crippen molar-refractivity contribution >= 4 is 21.8 Å². The van der Waals surface area contributed by atoms with Crippen molar-refractivity contribution in [2.75, 3.05) is 43.9 Å². The Balaban J connectivity index is 1.68. The maximum Gasteiger partial charge on any atom is 0.416 e. The van der Waals surface area contributed by atoms with Gasteiger partial charge in [0.1, 0.15) is 6.29 Å². The summed E-state index contributed by atoms with van der Waals surface area (Å²) >= 11 is 0. The Bertz CT molecular complexity index is 1000. The van der Waals surface area contributed by atoms with Crippen LogP contribution in [0.3, 0.4) is 0 Å². The molecular weight excluding hydrogens is 417 g/mol. The average molecular weight is 440 g/mol. The van der Waals surface area contributed by atoms with Gasteiger partial charge < -0.3 is 9.69 Å². The van der Waals surface area contributed by atoms with Gasteiger partial charge in [-0.1, -0.05) is 24.3 Å². The Morgan fingerprint density at radius 3 is 2.30 bits per heavy atom. The molecule has 1 atom stereocenters. The first-order valence-corrected chi connectivity index (χ1v) is 11.4. The summed E-state index contributed by atoms with van der Waals surface area (Å²) in [6.45, 7) is 2.50. The minimum Gasteiger partial charge on any atom is -0.369 e. The minimum atomic E-state index is -4.39. The molecule has 0 aromatic heterocycles. The van der Waals surface area contributed by atoms with E-state index in [9.17, 15) is 26.4 Å². The van der Waals surface area contributed by atoms with Crippen LogP contribution in [-0.4, -0.2) is 58.6 Å². The molecular formula is C21H23F3N2O3S. The maximum absolute atomic E-state index is 13.0. The number of piperazine rings is 1. The van der Waals surface area contributed by atoms with E-state index in [1.54, 1.807) is 24.3 Å². The lowest BCUT2D eigenvalue weighted by Crippen LogP contribution is -2.47. The zero-order chi connectivity index (χ0) is 21.9. The molecule has 1 saturated heterocycles. The van der Waals surface area contributed by atoms with E-state index in [-0.39, 0.29) is 4.90 Å². The van der Waals surface area contributed by atoms with Gasteiger partial charge in [-0.25, -0.2) is 8.42 Å². The van der Waals surface area contributed by atoms with Crippen LogP contribution in [0.4, 0.5) is 18.9 Å². The molecule has 9 heteroatoms. The van der Waals surface area contributed by atoms with E-state index in [0.717, 1.165) is 24.7 Å². The molecule has 1 unspecified atom stereocenters. The van der Waals surface area contributed by atoms with E-state index in [0.29, 0.717) is 44.0 Å².